The highest BCUT2D eigenvalue weighted by molar-refractivity contribution is 6.31. The van der Waals surface area contributed by atoms with E-state index in [4.69, 9.17) is 21.1 Å². The molecule has 2 heterocycles. The van der Waals surface area contributed by atoms with Crippen LogP contribution in [0.2, 0.25) is 5.02 Å². The fourth-order valence-electron chi connectivity index (χ4n) is 4.25. The summed E-state index contributed by atoms with van der Waals surface area (Å²) < 4.78 is 10.8. The zero-order valence-corrected chi connectivity index (χ0v) is 21.1. The van der Waals surface area contributed by atoms with Gasteiger partial charge in [0.25, 0.3) is 5.91 Å². The number of aromatic nitrogens is 1. The number of carbonyl (C=O) groups is 1. The van der Waals surface area contributed by atoms with E-state index in [0.717, 1.165) is 61.2 Å². The average molecular weight is 495 g/mol. The van der Waals surface area contributed by atoms with Crippen LogP contribution in [0, 0.1) is 6.92 Å². The SMILES string of the molecule is COc1ccc(CN2CCN(c3cc(CNC(=O)c4cccc(Cl)c4C)ccn3)CC2)cc1OC. The number of ether oxygens (including phenoxy) is 2. The summed E-state index contributed by atoms with van der Waals surface area (Å²) in [4.78, 5) is 21.9. The first-order chi connectivity index (χ1) is 17.0. The third-order valence-corrected chi connectivity index (χ3v) is 6.74. The Morgan fingerprint density at radius 3 is 2.51 bits per heavy atom. The largest absolute Gasteiger partial charge is 0.493 e. The van der Waals surface area contributed by atoms with Gasteiger partial charge in [-0.3, -0.25) is 9.69 Å². The molecule has 7 nitrogen and oxygen atoms in total. The summed E-state index contributed by atoms with van der Waals surface area (Å²) in [6.07, 6.45) is 1.80. The molecule has 3 aromatic rings. The molecule has 0 radical (unpaired) electrons. The molecule has 184 valence electrons. The van der Waals surface area contributed by atoms with Gasteiger partial charge in [-0.15, -0.1) is 0 Å². The van der Waals surface area contributed by atoms with Gasteiger partial charge in [0.05, 0.1) is 14.2 Å². The van der Waals surface area contributed by atoms with Crippen LogP contribution in [0.1, 0.15) is 27.0 Å². The number of amides is 1. The van der Waals surface area contributed by atoms with Crippen LogP contribution in [0.4, 0.5) is 5.82 Å². The predicted molar refractivity (Wildman–Crippen MR) is 139 cm³/mol. The van der Waals surface area contributed by atoms with Gasteiger partial charge in [0.1, 0.15) is 5.82 Å². The minimum Gasteiger partial charge on any atom is -0.493 e. The lowest BCUT2D eigenvalue weighted by Gasteiger charge is -2.35. The van der Waals surface area contributed by atoms with E-state index in [0.29, 0.717) is 17.1 Å². The van der Waals surface area contributed by atoms with Crippen molar-refractivity contribution >= 4 is 23.3 Å². The van der Waals surface area contributed by atoms with E-state index >= 15 is 0 Å². The van der Waals surface area contributed by atoms with Crippen molar-refractivity contribution in [3.05, 3.63) is 82.0 Å². The Labute approximate surface area is 211 Å². The van der Waals surface area contributed by atoms with Crippen molar-refractivity contribution < 1.29 is 14.3 Å². The molecule has 1 amide bonds. The number of nitrogens with one attached hydrogen (secondary N) is 1. The molecule has 0 unspecified atom stereocenters. The zero-order chi connectivity index (χ0) is 24.8. The molecule has 0 saturated carbocycles. The number of benzene rings is 2. The number of hydrogen-bond acceptors (Lipinski definition) is 6. The molecule has 0 aliphatic carbocycles. The van der Waals surface area contributed by atoms with E-state index in [2.05, 4.69) is 32.2 Å². The van der Waals surface area contributed by atoms with E-state index < -0.39 is 0 Å². The van der Waals surface area contributed by atoms with E-state index in [-0.39, 0.29) is 5.91 Å². The molecule has 1 saturated heterocycles. The van der Waals surface area contributed by atoms with Crippen LogP contribution in [0.3, 0.4) is 0 Å². The average Bonchev–Trinajstić information content (AvgIpc) is 2.89. The Hall–Kier alpha value is -3.29. The summed E-state index contributed by atoms with van der Waals surface area (Å²) >= 11 is 6.16. The Bertz CT molecular complexity index is 1180. The molecule has 0 bridgehead atoms. The first-order valence-electron chi connectivity index (χ1n) is 11.6. The summed E-state index contributed by atoms with van der Waals surface area (Å²) in [7, 11) is 3.30. The number of anilines is 1. The lowest BCUT2D eigenvalue weighted by atomic mass is 10.1. The molecule has 1 aromatic heterocycles. The quantitative estimate of drug-likeness (QED) is 0.503. The number of pyridine rings is 1. The number of halogens is 1. The maximum atomic E-state index is 12.6. The zero-order valence-electron chi connectivity index (χ0n) is 20.4. The van der Waals surface area contributed by atoms with E-state index in [9.17, 15) is 4.79 Å². The Kier molecular flexibility index (Phi) is 8.10. The van der Waals surface area contributed by atoms with Crippen molar-refractivity contribution in [1.29, 1.82) is 0 Å². The Balaban J connectivity index is 1.32. The normalized spacial score (nSPS) is 14.0. The third-order valence-electron chi connectivity index (χ3n) is 6.33. The molecule has 0 spiro atoms. The van der Waals surface area contributed by atoms with Gasteiger partial charge in [-0.1, -0.05) is 23.7 Å². The van der Waals surface area contributed by atoms with Gasteiger partial charge in [-0.2, -0.15) is 0 Å². The predicted octanol–water partition coefficient (Wildman–Crippen LogP) is 4.31. The van der Waals surface area contributed by atoms with Crippen molar-refractivity contribution in [2.75, 3.05) is 45.3 Å². The Morgan fingerprint density at radius 1 is 1.00 bits per heavy atom. The molecule has 1 fully saturated rings. The molecule has 8 heteroatoms. The topological polar surface area (TPSA) is 66.9 Å². The highest BCUT2D eigenvalue weighted by Crippen LogP contribution is 2.28. The van der Waals surface area contributed by atoms with Crippen molar-refractivity contribution in [1.82, 2.24) is 15.2 Å². The van der Waals surface area contributed by atoms with E-state index in [1.807, 2.05) is 25.1 Å². The number of rotatable bonds is 8. The van der Waals surface area contributed by atoms with Crippen LogP contribution in [0.15, 0.2) is 54.7 Å². The van der Waals surface area contributed by atoms with Crippen LogP contribution in [-0.2, 0) is 13.1 Å². The van der Waals surface area contributed by atoms with Crippen molar-refractivity contribution in [3.8, 4) is 11.5 Å². The number of carbonyl (C=O) groups excluding carboxylic acids is 1. The van der Waals surface area contributed by atoms with Crippen molar-refractivity contribution in [2.45, 2.75) is 20.0 Å². The van der Waals surface area contributed by atoms with Gasteiger partial charge in [0.2, 0.25) is 0 Å². The molecular weight excluding hydrogens is 464 g/mol. The molecular formula is C27H31ClN4O3. The second kappa shape index (κ2) is 11.4. The molecule has 35 heavy (non-hydrogen) atoms. The van der Waals surface area contributed by atoms with Crippen molar-refractivity contribution in [3.63, 3.8) is 0 Å². The van der Waals surface area contributed by atoms with E-state index in [1.54, 1.807) is 38.6 Å². The monoisotopic (exact) mass is 494 g/mol. The highest BCUT2D eigenvalue weighted by Gasteiger charge is 2.19. The minimum absolute atomic E-state index is 0.132. The first-order valence-corrected chi connectivity index (χ1v) is 12.0. The fourth-order valence-corrected chi connectivity index (χ4v) is 4.42. The number of nitrogens with zero attached hydrogens (tertiary/aromatic N) is 3. The molecule has 4 rings (SSSR count). The van der Waals surface area contributed by atoms with Gasteiger partial charge < -0.3 is 19.7 Å². The summed E-state index contributed by atoms with van der Waals surface area (Å²) in [6.45, 7) is 6.79. The molecule has 1 aliphatic heterocycles. The van der Waals surface area contributed by atoms with Gasteiger partial charge >= 0.3 is 0 Å². The first kappa shape index (κ1) is 24.8. The lowest BCUT2D eigenvalue weighted by Crippen LogP contribution is -2.46. The van der Waals surface area contributed by atoms with Crippen LogP contribution in [0.25, 0.3) is 0 Å². The van der Waals surface area contributed by atoms with Gasteiger partial charge in [-0.25, -0.2) is 4.98 Å². The second-order valence-electron chi connectivity index (χ2n) is 8.57. The number of methoxy groups -OCH3 is 2. The molecule has 1 N–H and O–H groups in total. The van der Waals surface area contributed by atoms with Crippen LogP contribution in [0.5, 0.6) is 11.5 Å². The van der Waals surface area contributed by atoms with Crippen LogP contribution < -0.4 is 19.7 Å². The highest BCUT2D eigenvalue weighted by atomic mass is 35.5. The maximum absolute atomic E-state index is 12.6. The Morgan fingerprint density at radius 2 is 1.77 bits per heavy atom. The lowest BCUT2D eigenvalue weighted by molar-refractivity contribution is 0.0950. The van der Waals surface area contributed by atoms with Gasteiger partial charge in [0, 0.05) is 56.1 Å². The van der Waals surface area contributed by atoms with Crippen molar-refractivity contribution in [2.24, 2.45) is 0 Å². The molecule has 0 atom stereocenters. The maximum Gasteiger partial charge on any atom is 0.251 e. The number of hydrogen-bond donors (Lipinski definition) is 1. The van der Waals surface area contributed by atoms with Crippen LogP contribution >= 0.6 is 11.6 Å². The summed E-state index contributed by atoms with van der Waals surface area (Å²) in [5, 5.41) is 3.59. The number of piperazine rings is 1. The second-order valence-corrected chi connectivity index (χ2v) is 8.98. The smallest absolute Gasteiger partial charge is 0.251 e. The van der Waals surface area contributed by atoms with Gasteiger partial charge in [0.15, 0.2) is 11.5 Å². The third kappa shape index (κ3) is 6.05. The van der Waals surface area contributed by atoms with E-state index in [1.165, 1.54) is 5.56 Å². The summed E-state index contributed by atoms with van der Waals surface area (Å²) in [5.41, 5.74) is 3.59. The molecule has 1 aliphatic rings. The van der Waals surface area contributed by atoms with Gasteiger partial charge in [-0.05, 0) is 60.0 Å². The standard InChI is InChI=1S/C27H31ClN4O3/c1-19-22(5-4-6-23(19)28)27(33)30-17-20-9-10-29-26(16-20)32-13-11-31(12-14-32)18-21-7-8-24(34-2)25(15-21)35-3/h4-10,15-16H,11-14,17-18H2,1-3H3,(H,30,33). The van der Waals surface area contributed by atoms with Crippen LogP contribution in [-0.4, -0.2) is 56.2 Å². The molecule has 2 aromatic carbocycles. The fraction of sp³-hybridized carbons (Fsp3) is 0.333. The summed E-state index contributed by atoms with van der Waals surface area (Å²) in [6, 6.07) is 15.4. The summed E-state index contributed by atoms with van der Waals surface area (Å²) in [5.74, 6) is 2.29. The minimum atomic E-state index is -0.132.